The number of rotatable bonds is 6. The fourth-order valence-electron chi connectivity index (χ4n) is 2.87. The topological polar surface area (TPSA) is 64.4 Å². The lowest BCUT2D eigenvalue weighted by Gasteiger charge is -2.18. The van der Waals surface area contributed by atoms with Crippen LogP contribution in [0.1, 0.15) is 24.8 Å². The molecule has 1 aromatic carbocycles. The van der Waals surface area contributed by atoms with Crippen molar-refractivity contribution in [2.75, 3.05) is 6.54 Å². The molecule has 0 spiro atoms. The molecule has 2 rings (SSSR count). The van der Waals surface area contributed by atoms with Crippen LogP contribution in [-0.4, -0.2) is 19.1 Å². The first kappa shape index (κ1) is 19.9. The van der Waals surface area contributed by atoms with Crippen molar-refractivity contribution in [1.82, 2.24) is 5.32 Å². The Kier molecular flexibility index (Phi) is 8.02. The molecule has 0 aromatic heterocycles. The number of hydrogen-bond acceptors (Lipinski definition) is 3. The molecule has 1 fully saturated rings. The number of nitrogens with two attached hydrogens (primary N) is 1. The Morgan fingerprint density at radius 1 is 1.43 bits per heavy atom. The molecular weight excluding hydrogens is 349 g/mol. The highest BCUT2D eigenvalue weighted by atomic mass is 35.5. The van der Waals surface area contributed by atoms with E-state index in [-0.39, 0.29) is 42.4 Å². The predicted octanol–water partition coefficient (Wildman–Crippen LogP) is 3.35. The summed E-state index contributed by atoms with van der Waals surface area (Å²) in [6, 6.07) is 4.34. The van der Waals surface area contributed by atoms with E-state index in [1.54, 1.807) is 0 Å². The molecule has 1 aromatic rings. The molecule has 4 nitrogen and oxygen atoms in total. The number of amides is 1. The third-order valence-corrected chi connectivity index (χ3v) is 4.23. The summed E-state index contributed by atoms with van der Waals surface area (Å²) in [6.07, 6.45) is 2.74. The molecule has 1 aliphatic rings. The standard InChI is InChI=1S/C15H19ClF2N2O2.ClH/c16-11-4-5-13(22-15(17)18)10(6-11)8-20-14(21)12-3-1-2-9(12)7-19;/h4-6,9,12,15H,1-3,7-8,19H2,(H,20,21);1H/t9-,12-;/m1./s1. The number of carbonyl (C=O) groups is 1. The smallest absolute Gasteiger partial charge is 0.387 e. The van der Waals surface area contributed by atoms with E-state index in [0.29, 0.717) is 17.1 Å². The van der Waals surface area contributed by atoms with E-state index in [9.17, 15) is 13.6 Å². The Balaban J connectivity index is 0.00000264. The van der Waals surface area contributed by atoms with Crippen LogP contribution in [0, 0.1) is 11.8 Å². The van der Waals surface area contributed by atoms with Gasteiger partial charge < -0.3 is 15.8 Å². The molecule has 23 heavy (non-hydrogen) atoms. The third-order valence-electron chi connectivity index (χ3n) is 3.99. The van der Waals surface area contributed by atoms with Crippen molar-refractivity contribution < 1.29 is 18.3 Å². The maximum Gasteiger partial charge on any atom is 0.387 e. The molecule has 8 heteroatoms. The summed E-state index contributed by atoms with van der Waals surface area (Å²) < 4.78 is 29.2. The number of benzene rings is 1. The van der Waals surface area contributed by atoms with Gasteiger partial charge in [0.1, 0.15) is 5.75 Å². The van der Waals surface area contributed by atoms with Gasteiger partial charge in [-0.1, -0.05) is 18.0 Å². The number of nitrogens with one attached hydrogen (secondary N) is 1. The first-order valence-corrected chi connectivity index (χ1v) is 7.60. The zero-order valence-electron chi connectivity index (χ0n) is 12.4. The van der Waals surface area contributed by atoms with Crippen LogP contribution in [0.25, 0.3) is 0 Å². The molecule has 0 bridgehead atoms. The lowest BCUT2D eigenvalue weighted by atomic mass is 9.95. The van der Waals surface area contributed by atoms with Crippen LogP contribution in [0.4, 0.5) is 8.78 Å². The zero-order valence-corrected chi connectivity index (χ0v) is 14.0. The zero-order chi connectivity index (χ0) is 16.1. The van der Waals surface area contributed by atoms with Gasteiger partial charge in [-0.2, -0.15) is 8.78 Å². The molecule has 0 unspecified atom stereocenters. The maximum absolute atomic E-state index is 12.4. The SMILES string of the molecule is Cl.NC[C@H]1CCC[C@H]1C(=O)NCc1cc(Cl)ccc1OC(F)F. The third kappa shape index (κ3) is 5.48. The van der Waals surface area contributed by atoms with Crippen LogP contribution in [0.5, 0.6) is 5.75 Å². The Bertz CT molecular complexity index is 532. The van der Waals surface area contributed by atoms with E-state index in [0.717, 1.165) is 19.3 Å². The first-order valence-electron chi connectivity index (χ1n) is 7.22. The van der Waals surface area contributed by atoms with Crippen molar-refractivity contribution in [2.45, 2.75) is 32.4 Å². The second-order valence-electron chi connectivity index (χ2n) is 5.38. The van der Waals surface area contributed by atoms with E-state index in [2.05, 4.69) is 10.1 Å². The normalized spacial score (nSPS) is 20.2. The summed E-state index contributed by atoms with van der Waals surface area (Å²) in [5.41, 5.74) is 6.09. The fourth-order valence-corrected chi connectivity index (χ4v) is 3.07. The summed E-state index contributed by atoms with van der Waals surface area (Å²) in [6.45, 7) is -2.35. The van der Waals surface area contributed by atoms with Crippen molar-refractivity contribution >= 4 is 29.9 Å². The number of hydrogen-bond donors (Lipinski definition) is 2. The molecule has 0 saturated heterocycles. The van der Waals surface area contributed by atoms with E-state index < -0.39 is 6.61 Å². The van der Waals surface area contributed by atoms with Gasteiger partial charge in [0.15, 0.2) is 0 Å². The van der Waals surface area contributed by atoms with E-state index in [1.165, 1.54) is 18.2 Å². The summed E-state index contributed by atoms with van der Waals surface area (Å²) in [7, 11) is 0. The highest BCUT2D eigenvalue weighted by Gasteiger charge is 2.31. The second-order valence-corrected chi connectivity index (χ2v) is 5.82. The Morgan fingerprint density at radius 3 is 2.83 bits per heavy atom. The van der Waals surface area contributed by atoms with Crippen LogP contribution in [0.2, 0.25) is 5.02 Å². The van der Waals surface area contributed by atoms with Crippen molar-refractivity contribution in [3.8, 4) is 5.75 Å². The average molecular weight is 369 g/mol. The Hall–Kier alpha value is -1.11. The predicted molar refractivity (Wildman–Crippen MR) is 87.1 cm³/mol. The minimum Gasteiger partial charge on any atom is -0.434 e. The van der Waals surface area contributed by atoms with Crippen molar-refractivity contribution in [3.05, 3.63) is 28.8 Å². The molecule has 0 aliphatic heterocycles. The average Bonchev–Trinajstić information content (AvgIpc) is 2.95. The monoisotopic (exact) mass is 368 g/mol. The molecule has 1 aliphatic carbocycles. The minimum atomic E-state index is -2.92. The minimum absolute atomic E-state index is 0. The quantitative estimate of drug-likeness (QED) is 0.808. The molecular formula is C15H20Cl2F2N2O2. The van der Waals surface area contributed by atoms with Gasteiger partial charge in [-0.3, -0.25) is 4.79 Å². The maximum atomic E-state index is 12.4. The number of halogens is 4. The molecule has 3 N–H and O–H groups in total. The Morgan fingerprint density at radius 2 is 2.17 bits per heavy atom. The molecule has 2 atom stereocenters. The lowest BCUT2D eigenvalue weighted by Crippen LogP contribution is -2.34. The lowest BCUT2D eigenvalue weighted by molar-refractivity contribution is -0.126. The highest BCUT2D eigenvalue weighted by molar-refractivity contribution is 6.30. The fraction of sp³-hybridized carbons (Fsp3) is 0.533. The molecule has 130 valence electrons. The molecule has 0 radical (unpaired) electrons. The molecule has 1 amide bonds. The number of alkyl halides is 2. The number of ether oxygens (including phenoxy) is 1. The van der Waals surface area contributed by atoms with E-state index in [4.69, 9.17) is 17.3 Å². The molecule has 0 heterocycles. The van der Waals surface area contributed by atoms with Crippen LogP contribution in [0.3, 0.4) is 0 Å². The van der Waals surface area contributed by atoms with E-state index in [1.807, 2.05) is 0 Å². The van der Waals surface area contributed by atoms with Gasteiger partial charge in [0, 0.05) is 23.0 Å². The van der Waals surface area contributed by atoms with Crippen LogP contribution in [-0.2, 0) is 11.3 Å². The van der Waals surface area contributed by atoms with Gasteiger partial charge in [0.25, 0.3) is 0 Å². The summed E-state index contributed by atoms with van der Waals surface area (Å²) in [5.74, 6) is -0.00258. The van der Waals surface area contributed by atoms with Crippen LogP contribution >= 0.6 is 24.0 Å². The molecule has 1 saturated carbocycles. The van der Waals surface area contributed by atoms with Crippen molar-refractivity contribution in [2.24, 2.45) is 17.6 Å². The summed E-state index contributed by atoms with van der Waals surface area (Å²) >= 11 is 5.87. The van der Waals surface area contributed by atoms with Gasteiger partial charge in [0.05, 0.1) is 0 Å². The van der Waals surface area contributed by atoms with Crippen molar-refractivity contribution in [3.63, 3.8) is 0 Å². The summed E-state index contributed by atoms with van der Waals surface area (Å²) in [4.78, 5) is 12.2. The summed E-state index contributed by atoms with van der Waals surface area (Å²) in [5, 5.41) is 3.16. The van der Waals surface area contributed by atoms with Gasteiger partial charge in [-0.15, -0.1) is 12.4 Å². The first-order chi connectivity index (χ1) is 10.5. The Labute approximate surface area is 145 Å². The van der Waals surface area contributed by atoms with Crippen LogP contribution < -0.4 is 15.8 Å². The van der Waals surface area contributed by atoms with E-state index >= 15 is 0 Å². The van der Waals surface area contributed by atoms with Crippen LogP contribution in [0.15, 0.2) is 18.2 Å². The van der Waals surface area contributed by atoms with Gasteiger partial charge in [-0.25, -0.2) is 0 Å². The largest absolute Gasteiger partial charge is 0.434 e. The number of carbonyl (C=O) groups excluding carboxylic acids is 1. The highest BCUT2D eigenvalue weighted by Crippen LogP contribution is 2.31. The van der Waals surface area contributed by atoms with Gasteiger partial charge in [-0.05, 0) is 43.5 Å². The van der Waals surface area contributed by atoms with Crippen molar-refractivity contribution in [1.29, 1.82) is 0 Å². The van der Waals surface area contributed by atoms with Gasteiger partial charge >= 0.3 is 6.61 Å². The second kappa shape index (κ2) is 9.25. The van der Waals surface area contributed by atoms with Gasteiger partial charge in [0.2, 0.25) is 5.91 Å².